The molecule has 4 rings (SSSR count). The Morgan fingerprint density at radius 2 is 2.07 bits per heavy atom. The summed E-state index contributed by atoms with van der Waals surface area (Å²) >= 11 is 2.98. The molecule has 3 aromatic rings. The monoisotopic (exact) mass is 424 g/mol. The minimum absolute atomic E-state index is 0.00423. The first-order chi connectivity index (χ1) is 14.0. The number of hydrogen-bond acceptors (Lipinski definition) is 5. The van der Waals surface area contributed by atoms with Crippen LogP contribution in [-0.4, -0.2) is 21.1 Å². The molecule has 0 fully saturated rings. The predicted molar refractivity (Wildman–Crippen MR) is 122 cm³/mol. The van der Waals surface area contributed by atoms with Crippen molar-refractivity contribution in [2.45, 2.75) is 51.2 Å². The summed E-state index contributed by atoms with van der Waals surface area (Å²) in [6.07, 6.45) is 6.00. The Morgan fingerprint density at radius 1 is 1.28 bits per heavy atom. The first-order valence-electron chi connectivity index (χ1n) is 9.89. The van der Waals surface area contributed by atoms with Crippen molar-refractivity contribution in [1.82, 2.24) is 9.55 Å². The largest absolute Gasteiger partial charge is 0.293 e. The van der Waals surface area contributed by atoms with E-state index in [1.165, 1.54) is 34.2 Å². The van der Waals surface area contributed by atoms with Crippen LogP contribution in [0.1, 0.15) is 44.8 Å². The molecule has 2 heterocycles. The number of benzene rings is 1. The van der Waals surface area contributed by atoms with E-state index in [-0.39, 0.29) is 17.1 Å². The number of aryl methyl sites for hydroxylation is 4. The van der Waals surface area contributed by atoms with Gasteiger partial charge < -0.3 is 0 Å². The highest BCUT2D eigenvalue weighted by Crippen LogP contribution is 2.34. The average molecular weight is 425 g/mol. The topological polar surface area (TPSA) is 52.0 Å². The SMILES string of the molecule is C=CCn1c(SCC(=O)c2ccc(C)c(C)c2)nc2sc3c(c2c1=O)CCCC3. The standard InChI is InChI=1S/C23H24N2O2S2/c1-4-11-25-22(27)20-17-7-5-6-8-19(17)29-21(20)24-23(25)28-13-18(26)16-10-9-14(2)15(3)12-16/h4,9-10,12H,1,5-8,11,13H2,2-3H3. The molecule has 0 N–H and O–H groups in total. The second-order valence-corrected chi connectivity index (χ2v) is 9.53. The van der Waals surface area contributed by atoms with Crippen molar-refractivity contribution < 1.29 is 4.79 Å². The van der Waals surface area contributed by atoms with Crippen LogP contribution in [0.4, 0.5) is 0 Å². The summed E-state index contributed by atoms with van der Waals surface area (Å²) in [5.41, 5.74) is 4.16. The number of aromatic nitrogens is 2. The van der Waals surface area contributed by atoms with E-state index in [1.54, 1.807) is 22.0 Å². The smallest absolute Gasteiger partial charge is 0.263 e. The normalized spacial score (nSPS) is 13.4. The molecule has 0 aliphatic heterocycles. The van der Waals surface area contributed by atoms with Crippen LogP contribution in [0, 0.1) is 13.8 Å². The zero-order valence-electron chi connectivity index (χ0n) is 16.8. The fourth-order valence-electron chi connectivity index (χ4n) is 3.75. The van der Waals surface area contributed by atoms with Crippen molar-refractivity contribution in [2.24, 2.45) is 0 Å². The Bertz CT molecular complexity index is 1170. The molecule has 0 saturated heterocycles. The van der Waals surface area contributed by atoms with E-state index in [9.17, 15) is 9.59 Å². The Hall–Kier alpha value is -2.18. The molecule has 150 valence electrons. The second-order valence-electron chi connectivity index (χ2n) is 7.50. The maximum Gasteiger partial charge on any atom is 0.263 e. The van der Waals surface area contributed by atoms with Gasteiger partial charge in [0.1, 0.15) is 4.83 Å². The lowest BCUT2D eigenvalue weighted by Gasteiger charge is -2.12. The van der Waals surface area contributed by atoms with Gasteiger partial charge >= 0.3 is 0 Å². The maximum absolute atomic E-state index is 13.3. The summed E-state index contributed by atoms with van der Waals surface area (Å²) in [4.78, 5) is 32.9. The minimum Gasteiger partial charge on any atom is -0.293 e. The first kappa shape index (κ1) is 20.1. The van der Waals surface area contributed by atoms with E-state index >= 15 is 0 Å². The van der Waals surface area contributed by atoms with Gasteiger partial charge in [0.25, 0.3) is 5.56 Å². The van der Waals surface area contributed by atoms with Gasteiger partial charge in [-0.25, -0.2) is 4.98 Å². The maximum atomic E-state index is 13.3. The highest BCUT2D eigenvalue weighted by molar-refractivity contribution is 7.99. The van der Waals surface area contributed by atoms with Crippen LogP contribution in [0.25, 0.3) is 10.2 Å². The van der Waals surface area contributed by atoms with Gasteiger partial charge in [0, 0.05) is 17.0 Å². The zero-order valence-corrected chi connectivity index (χ0v) is 18.4. The molecular formula is C23H24N2O2S2. The molecule has 0 amide bonds. The molecule has 0 atom stereocenters. The molecule has 0 bridgehead atoms. The number of fused-ring (bicyclic) bond motifs is 3. The molecule has 0 unspecified atom stereocenters. The Morgan fingerprint density at radius 3 is 2.83 bits per heavy atom. The number of allylic oxidation sites excluding steroid dienone is 1. The Balaban J connectivity index is 1.68. The molecule has 1 aliphatic carbocycles. The first-order valence-corrected chi connectivity index (χ1v) is 11.7. The fourth-order valence-corrected chi connectivity index (χ4v) is 5.95. The highest BCUT2D eigenvalue weighted by atomic mass is 32.2. The van der Waals surface area contributed by atoms with Gasteiger partial charge in [0.05, 0.1) is 11.1 Å². The molecule has 29 heavy (non-hydrogen) atoms. The molecule has 0 radical (unpaired) electrons. The number of thioether (sulfide) groups is 1. The van der Waals surface area contributed by atoms with E-state index < -0.39 is 0 Å². The molecule has 4 nitrogen and oxygen atoms in total. The fraction of sp³-hybridized carbons (Fsp3) is 0.348. The van der Waals surface area contributed by atoms with Crippen LogP contribution >= 0.6 is 23.1 Å². The lowest BCUT2D eigenvalue weighted by molar-refractivity contribution is 0.102. The Kier molecular flexibility index (Phi) is 5.74. The van der Waals surface area contributed by atoms with Gasteiger partial charge in [-0.15, -0.1) is 17.9 Å². The molecule has 0 spiro atoms. The van der Waals surface area contributed by atoms with Crippen LogP contribution in [-0.2, 0) is 19.4 Å². The third kappa shape index (κ3) is 3.83. The number of rotatable bonds is 6. The van der Waals surface area contributed by atoms with Crippen LogP contribution in [0.5, 0.6) is 0 Å². The number of carbonyl (C=O) groups is 1. The van der Waals surface area contributed by atoms with Crippen LogP contribution < -0.4 is 5.56 Å². The lowest BCUT2D eigenvalue weighted by Crippen LogP contribution is -2.23. The summed E-state index contributed by atoms with van der Waals surface area (Å²) in [6.45, 7) is 8.23. The number of nitrogens with zero attached hydrogens (tertiary/aromatic N) is 2. The highest BCUT2D eigenvalue weighted by Gasteiger charge is 2.22. The van der Waals surface area contributed by atoms with Crippen LogP contribution in [0.15, 0.2) is 40.8 Å². The molecule has 1 aromatic carbocycles. The van der Waals surface area contributed by atoms with Crippen molar-refractivity contribution in [3.05, 3.63) is 68.3 Å². The summed E-state index contributed by atoms with van der Waals surface area (Å²) in [6, 6.07) is 5.77. The summed E-state index contributed by atoms with van der Waals surface area (Å²) in [5, 5.41) is 1.37. The zero-order chi connectivity index (χ0) is 20.5. The van der Waals surface area contributed by atoms with Gasteiger partial charge in [-0.1, -0.05) is 30.0 Å². The van der Waals surface area contributed by atoms with Crippen molar-refractivity contribution >= 4 is 39.1 Å². The number of thiophene rings is 1. The number of ketones is 1. The van der Waals surface area contributed by atoms with Crippen molar-refractivity contribution in [3.8, 4) is 0 Å². The number of Topliss-reactive ketones (excluding diaryl/α,β-unsaturated/α-hetero) is 1. The van der Waals surface area contributed by atoms with E-state index in [4.69, 9.17) is 4.98 Å². The van der Waals surface area contributed by atoms with Gasteiger partial charge in [-0.05, 0) is 62.3 Å². The minimum atomic E-state index is -0.00423. The van der Waals surface area contributed by atoms with Gasteiger partial charge in [0.2, 0.25) is 0 Å². The second kappa shape index (κ2) is 8.28. The van der Waals surface area contributed by atoms with Gasteiger partial charge in [0.15, 0.2) is 10.9 Å². The van der Waals surface area contributed by atoms with Crippen molar-refractivity contribution in [3.63, 3.8) is 0 Å². The summed E-state index contributed by atoms with van der Waals surface area (Å²) in [7, 11) is 0. The lowest BCUT2D eigenvalue weighted by atomic mass is 9.97. The van der Waals surface area contributed by atoms with E-state index in [2.05, 4.69) is 6.58 Å². The predicted octanol–water partition coefficient (Wildman–Crippen LogP) is 5.11. The molecule has 0 saturated carbocycles. The van der Waals surface area contributed by atoms with E-state index in [1.807, 2.05) is 32.0 Å². The number of hydrogen-bond donors (Lipinski definition) is 0. The van der Waals surface area contributed by atoms with Gasteiger partial charge in [-0.2, -0.15) is 0 Å². The van der Waals surface area contributed by atoms with Crippen molar-refractivity contribution in [1.29, 1.82) is 0 Å². The summed E-state index contributed by atoms with van der Waals surface area (Å²) in [5.74, 6) is 0.297. The van der Waals surface area contributed by atoms with E-state index in [0.717, 1.165) is 35.0 Å². The van der Waals surface area contributed by atoms with Crippen LogP contribution in [0.3, 0.4) is 0 Å². The third-order valence-electron chi connectivity index (χ3n) is 5.51. The number of carbonyl (C=O) groups excluding carboxylic acids is 1. The third-order valence-corrected chi connectivity index (χ3v) is 7.67. The quantitative estimate of drug-likeness (QED) is 0.239. The molecule has 2 aromatic heterocycles. The Labute approximate surface area is 178 Å². The van der Waals surface area contributed by atoms with E-state index in [0.29, 0.717) is 17.3 Å². The van der Waals surface area contributed by atoms with Gasteiger partial charge in [-0.3, -0.25) is 14.2 Å². The molecule has 6 heteroatoms. The van der Waals surface area contributed by atoms with Crippen molar-refractivity contribution in [2.75, 3.05) is 5.75 Å². The molecular weight excluding hydrogens is 400 g/mol. The van der Waals surface area contributed by atoms with Crippen LogP contribution in [0.2, 0.25) is 0 Å². The molecule has 1 aliphatic rings. The summed E-state index contributed by atoms with van der Waals surface area (Å²) < 4.78 is 1.66. The average Bonchev–Trinajstić information content (AvgIpc) is 3.09.